The zero-order chi connectivity index (χ0) is 15.6. The smallest absolute Gasteiger partial charge is 0.282 e. The van der Waals surface area contributed by atoms with Gasteiger partial charge in [-0.15, -0.1) is 4.83 Å². The van der Waals surface area contributed by atoms with Gasteiger partial charge in [0.2, 0.25) is 0 Å². The summed E-state index contributed by atoms with van der Waals surface area (Å²) in [7, 11) is -2.31. The summed E-state index contributed by atoms with van der Waals surface area (Å²) < 4.78 is 38.8. The first-order chi connectivity index (χ1) is 9.79. The molecule has 21 heavy (non-hydrogen) atoms. The van der Waals surface area contributed by atoms with Crippen molar-refractivity contribution in [3.05, 3.63) is 52.5 Å². The van der Waals surface area contributed by atoms with E-state index in [9.17, 15) is 17.6 Å². The van der Waals surface area contributed by atoms with Crippen LogP contribution < -0.4 is 10.3 Å². The van der Waals surface area contributed by atoms with Crippen LogP contribution in [0.4, 0.5) is 4.39 Å². The van der Waals surface area contributed by atoms with E-state index in [-0.39, 0.29) is 10.6 Å². The van der Waals surface area contributed by atoms with Gasteiger partial charge in [0, 0.05) is 17.7 Å². The zero-order valence-electron chi connectivity index (χ0n) is 10.8. The Morgan fingerprint density at radius 1 is 1.29 bits per heavy atom. The standard InChI is InChI=1S/C12H11BrFN3O3S/c1-17-7-8(13)6-11(17)12(18)15-16-21(19,20)10-4-2-9(14)3-5-10/h2-7,16H,1H3,(H,15,18). The van der Waals surface area contributed by atoms with E-state index in [2.05, 4.69) is 21.4 Å². The van der Waals surface area contributed by atoms with Crippen molar-refractivity contribution in [3.63, 3.8) is 0 Å². The first-order valence-electron chi connectivity index (χ1n) is 5.69. The molecule has 1 amide bonds. The average molecular weight is 376 g/mol. The molecule has 0 unspecified atom stereocenters. The van der Waals surface area contributed by atoms with E-state index in [4.69, 9.17) is 0 Å². The summed E-state index contributed by atoms with van der Waals surface area (Å²) >= 11 is 3.21. The monoisotopic (exact) mass is 375 g/mol. The second-order valence-corrected chi connectivity index (χ2v) is 6.77. The quantitative estimate of drug-likeness (QED) is 0.795. The fourth-order valence-electron chi connectivity index (χ4n) is 1.60. The molecule has 1 aromatic carbocycles. The minimum atomic E-state index is -3.96. The van der Waals surface area contributed by atoms with Crippen LogP contribution in [-0.4, -0.2) is 18.9 Å². The van der Waals surface area contributed by atoms with Crippen molar-refractivity contribution in [2.45, 2.75) is 4.90 Å². The van der Waals surface area contributed by atoms with Gasteiger partial charge in [-0.25, -0.2) is 12.8 Å². The van der Waals surface area contributed by atoms with Gasteiger partial charge in [-0.05, 0) is 46.3 Å². The summed E-state index contributed by atoms with van der Waals surface area (Å²) in [5.74, 6) is -1.17. The van der Waals surface area contributed by atoms with E-state index in [1.807, 2.05) is 4.83 Å². The lowest BCUT2D eigenvalue weighted by molar-refractivity contribution is 0.0937. The lowest BCUT2D eigenvalue weighted by atomic mass is 10.4. The van der Waals surface area contributed by atoms with Crippen LogP contribution >= 0.6 is 15.9 Å². The number of sulfonamides is 1. The Labute approximate surface area is 129 Å². The van der Waals surface area contributed by atoms with Crippen molar-refractivity contribution < 1.29 is 17.6 Å². The number of halogens is 2. The number of carbonyl (C=O) groups excluding carboxylic acids is 1. The molecule has 2 N–H and O–H groups in total. The largest absolute Gasteiger partial charge is 0.345 e. The molecule has 6 nitrogen and oxygen atoms in total. The number of carbonyl (C=O) groups is 1. The Morgan fingerprint density at radius 2 is 1.90 bits per heavy atom. The molecular weight excluding hydrogens is 365 g/mol. The van der Waals surface area contributed by atoms with Crippen molar-refractivity contribution in [1.82, 2.24) is 14.8 Å². The Hall–Kier alpha value is -1.71. The average Bonchev–Trinajstić information content (AvgIpc) is 2.76. The molecule has 0 aliphatic carbocycles. The van der Waals surface area contributed by atoms with Crippen LogP contribution in [0.2, 0.25) is 0 Å². The molecule has 0 spiro atoms. The fourth-order valence-corrected chi connectivity index (χ4v) is 2.96. The minimum absolute atomic E-state index is 0.155. The van der Waals surface area contributed by atoms with Crippen LogP contribution in [-0.2, 0) is 17.1 Å². The molecule has 0 bridgehead atoms. The van der Waals surface area contributed by atoms with Gasteiger partial charge >= 0.3 is 0 Å². The topological polar surface area (TPSA) is 80.2 Å². The summed E-state index contributed by atoms with van der Waals surface area (Å²) in [5.41, 5.74) is 2.36. The summed E-state index contributed by atoms with van der Waals surface area (Å²) in [4.78, 5) is 13.7. The van der Waals surface area contributed by atoms with Crippen LogP contribution in [0.1, 0.15) is 10.5 Å². The van der Waals surface area contributed by atoms with Gasteiger partial charge in [0.1, 0.15) is 11.5 Å². The van der Waals surface area contributed by atoms with Gasteiger partial charge in [-0.1, -0.05) is 0 Å². The van der Waals surface area contributed by atoms with Gasteiger partial charge in [0.05, 0.1) is 4.90 Å². The number of rotatable bonds is 4. The van der Waals surface area contributed by atoms with E-state index in [1.54, 1.807) is 19.3 Å². The maximum Gasteiger partial charge on any atom is 0.282 e. The number of hydrogen-bond acceptors (Lipinski definition) is 3. The highest BCUT2D eigenvalue weighted by Gasteiger charge is 2.17. The molecule has 9 heteroatoms. The normalized spacial score (nSPS) is 11.4. The van der Waals surface area contributed by atoms with Crippen molar-refractivity contribution in [3.8, 4) is 0 Å². The van der Waals surface area contributed by atoms with Crippen LogP contribution in [0, 0.1) is 5.82 Å². The maximum atomic E-state index is 12.8. The van der Waals surface area contributed by atoms with E-state index in [1.165, 1.54) is 4.57 Å². The Bertz CT molecular complexity index is 772. The molecule has 0 atom stereocenters. The molecule has 0 aliphatic heterocycles. The lowest BCUT2D eigenvalue weighted by Gasteiger charge is -2.08. The molecule has 1 heterocycles. The predicted molar refractivity (Wildman–Crippen MR) is 77.3 cm³/mol. The highest BCUT2D eigenvalue weighted by atomic mass is 79.9. The summed E-state index contributed by atoms with van der Waals surface area (Å²) in [6, 6.07) is 5.78. The van der Waals surface area contributed by atoms with Crippen LogP contribution in [0.15, 0.2) is 45.9 Å². The number of hydrogen-bond donors (Lipinski definition) is 2. The molecule has 0 fully saturated rings. The number of aromatic nitrogens is 1. The molecule has 0 saturated carbocycles. The van der Waals surface area contributed by atoms with Crippen molar-refractivity contribution in [1.29, 1.82) is 0 Å². The molecule has 2 aromatic rings. The Balaban J connectivity index is 2.10. The van der Waals surface area contributed by atoms with Gasteiger partial charge in [-0.2, -0.15) is 0 Å². The minimum Gasteiger partial charge on any atom is -0.345 e. The molecule has 0 radical (unpaired) electrons. The van der Waals surface area contributed by atoms with E-state index in [0.717, 1.165) is 24.3 Å². The lowest BCUT2D eigenvalue weighted by Crippen LogP contribution is -2.42. The fraction of sp³-hybridized carbons (Fsp3) is 0.0833. The van der Waals surface area contributed by atoms with Gasteiger partial charge in [0.15, 0.2) is 0 Å². The molecule has 112 valence electrons. The first-order valence-corrected chi connectivity index (χ1v) is 7.97. The van der Waals surface area contributed by atoms with Crippen LogP contribution in [0.3, 0.4) is 0 Å². The Kier molecular flexibility index (Phi) is 4.45. The maximum absolute atomic E-state index is 12.8. The third-order valence-corrected chi connectivity index (χ3v) is 4.32. The zero-order valence-corrected chi connectivity index (χ0v) is 13.2. The number of benzene rings is 1. The van der Waals surface area contributed by atoms with Gasteiger partial charge in [0.25, 0.3) is 15.9 Å². The van der Waals surface area contributed by atoms with Crippen molar-refractivity contribution >= 4 is 31.9 Å². The SMILES string of the molecule is Cn1cc(Br)cc1C(=O)NNS(=O)(=O)c1ccc(F)cc1. The van der Waals surface area contributed by atoms with Crippen molar-refractivity contribution in [2.24, 2.45) is 7.05 Å². The number of amides is 1. The van der Waals surface area contributed by atoms with E-state index >= 15 is 0 Å². The van der Waals surface area contributed by atoms with Gasteiger partial charge < -0.3 is 4.57 Å². The van der Waals surface area contributed by atoms with Gasteiger partial charge in [-0.3, -0.25) is 10.2 Å². The van der Waals surface area contributed by atoms with E-state index < -0.39 is 21.7 Å². The highest BCUT2D eigenvalue weighted by molar-refractivity contribution is 9.10. The number of nitrogens with one attached hydrogen (secondary N) is 2. The highest BCUT2D eigenvalue weighted by Crippen LogP contribution is 2.13. The second kappa shape index (κ2) is 5.96. The third-order valence-electron chi connectivity index (χ3n) is 2.63. The van der Waals surface area contributed by atoms with Crippen LogP contribution in [0.25, 0.3) is 0 Å². The molecular formula is C12H11BrFN3O3S. The first kappa shape index (κ1) is 15.7. The number of aryl methyl sites for hydroxylation is 1. The molecule has 0 saturated heterocycles. The number of nitrogens with zero attached hydrogens (tertiary/aromatic N) is 1. The Morgan fingerprint density at radius 3 is 2.43 bits per heavy atom. The third kappa shape index (κ3) is 3.69. The summed E-state index contributed by atoms with van der Waals surface area (Å²) in [5, 5.41) is 0. The summed E-state index contributed by atoms with van der Waals surface area (Å²) in [6.45, 7) is 0. The van der Waals surface area contributed by atoms with E-state index in [0.29, 0.717) is 4.47 Å². The predicted octanol–water partition coefficient (Wildman–Crippen LogP) is 1.55. The molecule has 2 rings (SSSR count). The summed E-state index contributed by atoms with van der Waals surface area (Å²) in [6.07, 6.45) is 1.66. The second-order valence-electron chi connectivity index (χ2n) is 4.17. The van der Waals surface area contributed by atoms with Crippen molar-refractivity contribution in [2.75, 3.05) is 0 Å². The van der Waals surface area contributed by atoms with Crippen LogP contribution in [0.5, 0.6) is 0 Å². The molecule has 0 aliphatic rings. The number of hydrazine groups is 1. The molecule has 1 aromatic heterocycles.